The molecule has 1 aromatic heterocycles. The van der Waals surface area contributed by atoms with Gasteiger partial charge < -0.3 is 0 Å². The van der Waals surface area contributed by atoms with Crippen LogP contribution in [0.25, 0.3) is 0 Å². The molecular formula is C12H13ClFN3. The van der Waals surface area contributed by atoms with Crippen LogP contribution in [0.15, 0.2) is 30.5 Å². The standard InChI is InChI=1S/C12H13ClFN3/c1-2-11(13)12-8-17(16-15-12)7-9-4-3-5-10(14)6-9/h3-6,8,11H,2,7H2,1H3. The summed E-state index contributed by atoms with van der Waals surface area (Å²) in [6.07, 6.45) is 2.60. The summed E-state index contributed by atoms with van der Waals surface area (Å²) in [5.41, 5.74) is 1.61. The van der Waals surface area contributed by atoms with Gasteiger partial charge in [-0.3, -0.25) is 0 Å². The van der Waals surface area contributed by atoms with E-state index in [1.165, 1.54) is 12.1 Å². The van der Waals surface area contributed by atoms with E-state index in [0.29, 0.717) is 6.54 Å². The fraction of sp³-hybridized carbons (Fsp3) is 0.333. The Morgan fingerprint density at radius 2 is 2.29 bits per heavy atom. The summed E-state index contributed by atoms with van der Waals surface area (Å²) in [6.45, 7) is 2.49. The Labute approximate surface area is 104 Å². The molecule has 0 saturated carbocycles. The number of hydrogen-bond donors (Lipinski definition) is 0. The first-order chi connectivity index (χ1) is 8.19. The Morgan fingerprint density at radius 3 is 3.00 bits per heavy atom. The maximum Gasteiger partial charge on any atom is 0.123 e. The van der Waals surface area contributed by atoms with Crippen molar-refractivity contribution in [2.24, 2.45) is 0 Å². The molecule has 1 atom stereocenters. The highest BCUT2D eigenvalue weighted by atomic mass is 35.5. The maximum atomic E-state index is 13.0. The minimum Gasteiger partial charge on any atom is -0.248 e. The van der Waals surface area contributed by atoms with Crippen LogP contribution in [0.2, 0.25) is 0 Å². The van der Waals surface area contributed by atoms with Gasteiger partial charge in [-0.15, -0.1) is 16.7 Å². The quantitative estimate of drug-likeness (QED) is 0.784. The number of aromatic nitrogens is 3. The van der Waals surface area contributed by atoms with Gasteiger partial charge in [0.05, 0.1) is 18.1 Å². The second-order valence-corrected chi connectivity index (χ2v) is 4.37. The molecule has 0 aliphatic heterocycles. The van der Waals surface area contributed by atoms with Crippen LogP contribution in [0.1, 0.15) is 30.0 Å². The SMILES string of the molecule is CCC(Cl)c1cn(Cc2cccc(F)c2)nn1. The highest BCUT2D eigenvalue weighted by Crippen LogP contribution is 2.20. The predicted molar refractivity (Wildman–Crippen MR) is 64.4 cm³/mol. The Kier molecular flexibility index (Phi) is 3.74. The van der Waals surface area contributed by atoms with Gasteiger partial charge in [0, 0.05) is 0 Å². The molecule has 17 heavy (non-hydrogen) atoms. The van der Waals surface area contributed by atoms with Gasteiger partial charge in [-0.2, -0.15) is 0 Å². The van der Waals surface area contributed by atoms with Gasteiger partial charge in [-0.25, -0.2) is 9.07 Å². The molecule has 1 unspecified atom stereocenters. The van der Waals surface area contributed by atoms with Gasteiger partial charge in [0.2, 0.25) is 0 Å². The molecule has 0 saturated heterocycles. The number of benzene rings is 1. The van der Waals surface area contributed by atoms with E-state index in [2.05, 4.69) is 10.3 Å². The molecule has 90 valence electrons. The first kappa shape index (κ1) is 12.0. The summed E-state index contributed by atoms with van der Waals surface area (Å²) in [7, 11) is 0. The van der Waals surface area contributed by atoms with Crippen LogP contribution in [0, 0.1) is 5.82 Å². The number of halogens is 2. The van der Waals surface area contributed by atoms with Crippen LogP contribution in [-0.2, 0) is 6.54 Å². The lowest BCUT2D eigenvalue weighted by molar-refractivity contribution is 0.614. The minimum atomic E-state index is -0.244. The summed E-state index contributed by atoms with van der Waals surface area (Å²) in [5, 5.41) is 7.85. The van der Waals surface area contributed by atoms with E-state index >= 15 is 0 Å². The Morgan fingerprint density at radius 1 is 1.47 bits per heavy atom. The van der Waals surface area contributed by atoms with E-state index in [9.17, 15) is 4.39 Å². The summed E-state index contributed by atoms with van der Waals surface area (Å²) in [4.78, 5) is 0. The number of alkyl halides is 1. The van der Waals surface area contributed by atoms with Crippen LogP contribution in [0.3, 0.4) is 0 Å². The van der Waals surface area contributed by atoms with Crippen molar-refractivity contribution in [1.82, 2.24) is 15.0 Å². The second-order valence-electron chi connectivity index (χ2n) is 3.85. The van der Waals surface area contributed by atoms with E-state index in [-0.39, 0.29) is 11.2 Å². The lowest BCUT2D eigenvalue weighted by Gasteiger charge is -2.01. The van der Waals surface area contributed by atoms with Crippen molar-refractivity contribution in [2.75, 3.05) is 0 Å². The third-order valence-corrected chi connectivity index (χ3v) is 3.00. The molecule has 2 aromatic rings. The molecular weight excluding hydrogens is 241 g/mol. The van der Waals surface area contributed by atoms with Crippen LogP contribution in [-0.4, -0.2) is 15.0 Å². The maximum absolute atomic E-state index is 13.0. The lowest BCUT2D eigenvalue weighted by Crippen LogP contribution is -2.00. The molecule has 0 spiro atoms. The molecule has 0 aliphatic rings. The van der Waals surface area contributed by atoms with Gasteiger partial charge in [0.15, 0.2) is 0 Å². The van der Waals surface area contributed by atoms with Crippen molar-refractivity contribution in [3.05, 3.63) is 47.5 Å². The van der Waals surface area contributed by atoms with E-state index in [4.69, 9.17) is 11.6 Å². The summed E-state index contributed by atoms with van der Waals surface area (Å²) in [5.74, 6) is -0.244. The van der Waals surface area contributed by atoms with Crippen LogP contribution < -0.4 is 0 Å². The van der Waals surface area contributed by atoms with E-state index < -0.39 is 0 Å². The highest BCUT2D eigenvalue weighted by molar-refractivity contribution is 6.20. The molecule has 0 fully saturated rings. The van der Waals surface area contributed by atoms with Crippen molar-refractivity contribution in [3.8, 4) is 0 Å². The van der Waals surface area contributed by atoms with Gasteiger partial charge in [0.25, 0.3) is 0 Å². The molecule has 0 N–H and O–H groups in total. The normalized spacial score (nSPS) is 12.6. The molecule has 0 bridgehead atoms. The van der Waals surface area contributed by atoms with Crippen LogP contribution >= 0.6 is 11.6 Å². The van der Waals surface area contributed by atoms with Gasteiger partial charge in [-0.05, 0) is 24.1 Å². The van der Waals surface area contributed by atoms with Crippen LogP contribution in [0.5, 0.6) is 0 Å². The fourth-order valence-electron chi connectivity index (χ4n) is 1.57. The number of rotatable bonds is 4. The van der Waals surface area contributed by atoms with E-state index in [1.54, 1.807) is 16.9 Å². The zero-order valence-corrected chi connectivity index (χ0v) is 10.2. The van der Waals surface area contributed by atoms with Gasteiger partial charge in [-0.1, -0.05) is 24.3 Å². The highest BCUT2D eigenvalue weighted by Gasteiger charge is 2.10. The molecule has 5 heteroatoms. The first-order valence-electron chi connectivity index (χ1n) is 5.47. The molecule has 1 aromatic carbocycles. The zero-order valence-electron chi connectivity index (χ0n) is 9.48. The lowest BCUT2D eigenvalue weighted by atomic mass is 10.2. The first-order valence-corrected chi connectivity index (χ1v) is 5.91. The van der Waals surface area contributed by atoms with E-state index in [1.807, 2.05) is 13.0 Å². The summed E-state index contributed by atoms with van der Waals surface area (Å²) in [6, 6.07) is 6.43. The largest absolute Gasteiger partial charge is 0.248 e. The minimum absolute atomic E-state index is 0.115. The smallest absolute Gasteiger partial charge is 0.123 e. The Bertz CT molecular complexity index is 498. The monoisotopic (exact) mass is 253 g/mol. The predicted octanol–water partition coefficient (Wildman–Crippen LogP) is 3.16. The average Bonchev–Trinajstić information content (AvgIpc) is 2.76. The summed E-state index contributed by atoms with van der Waals surface area (Å²) >= 11 is 6.06. The van der Waals surface area contributed by atoms with Crippen molar-refractivity contribution in [2.45, 2.75) is 25.3 Å². The molecule has 2 rings (SSSR count). The van der Waals surface area contributed by atoms with Crippen LogP contribution in [0.4, 0.5) is 4.39 Å². The Hall–Kier alpha value is -1.42. The topological polar surface area (TPSA) is 30.7 Å². The Balaban J connectivity index is 2.11. The average molecular weight is 254 g/mol. The van der Waals surface area contributed by atoms with Crippen molar-refractivity contribution >= 4 is 11.6 Å². The van der Waals surface area contributed by atoms with Crippen molar-refractivity contribution in [3.63, 3.8) is 0 Å². The third-order valence-electron chi connectivity index (χ3n) is 2.47. The second kappa shape index (κ2) is 5.27. The molecule has 1 heterocycles. The van der Waals surface area contributed by atoms with Crippen molar-refractivity contribution in [1.29, 1.82) is 0 Å². The molecule has 0 amide bonds. The third kappa shape index (κ3) is 3.03. The van der Waals surface area contributed by atoms with Gasteiger partial charge in [0.1, 0.15) is 11.5 Å². The molecule has 0 aliphatic carbocycles. The fourth-order valence-corrected chi connectivity index (χ4v) is 1.67. The molecule has 3 nitrogen and oxygen atoms in total. The number of hydrogen-bond acceptors (Lipinski definition) is 2. The van der Waals surface area contributed by atoms with E-state index in [0.717, 1.165) is 17.7 Å². The number of nitrogens with zero attached hydrogens (tertiary/aromatic N) is 3. The van der Waals surface area contributed by atoms with Gasteiger partial charge >= 0.3 is 0 Å². The molecule has 0 radical (unpaired) electrons. The zero-order chi connectivity index (χ0) is 12.3. The summed E-state index contributed by atoms with van der Waals surface area (Å²) < 4.78 is 14.7. The van der Waals surface area contributed by atoms with Crippen molar-refractivity contribution < 1.29 is 4.39 Å².